The third-order valence-electron chi connectivity index (χ3n) is 4.85. The number of fused-ring (bicyclic) bond motifs is 1. The van der Waals surface area contributed by atoms with Crippen LogP contribution in [0, 0.1) is 0 Å². The highest BCUT2D eigenvalue weighted by Crippen LogP contribution is 2.54. The second-order valence-electron chi connectivity index (χ2n) is 6.33. The van der Waals surface area contributed by atoms with Crippen molar-refractivity contribution in [3.8, 4) is 0 Å². The molecule has 1 amide bonds. The van der Waals surface area contributed by atoms with Gasteiger partial charge < -0.3 is 9.64 Å². The van der Waals surface area contributed by atoms with Gasteiger partial charge >= 0.3 is 5.97 Å². The predicted molar refractivity (Wildman–Crippen MR) is 96.7 cm³/mol. The number of carbonyl (C=O) groups excluding carboxylic acids is 2. The van der Waals surface area contributed by atoms with Gasteiger partial charge in [-0.3, -0.25) is 4.79 Å². The number of amides is 1. The Labute approximate surface area is 151 Å². The lowest BCUT2D eigenvalue weighted by molar-refractivity contribution is -0.155. The van der Waals surface area contributed by atoms with Gasteiger partial charge in [0.2, 0.25) is 5.91 Å². The smallest absolute Gasteiger partial charge is 0.330 e. The highest BCUT2D eigenvalue weighted by atomic mass is 32.2. The summed E-state index contributed by atoms with van der Waals surface area (Å²) in [7, 11) is 0. The fraction of sp³-hybridized carbons (Fsp3) is 0.300. The minimum atomic E-state index is -0.510. The third kappa shape index (κ3) is 2.82. The lowest BCUT2D eigenvalue weighted by Gasteiger charge is -2.33. The topological polar surface area (TPSA) is 46.6 Å². The van der Waals surface area contributed by atoms with Gasteiger partial charge in [0.15, 0.2) is 0 Å². The van der Waals surface area contributed by atoms with Gasteiger partial charge in [0.1, 0.15) is 17.5 Å². The zero-order valence-corrected chi connectivity index (χ0v) is 14.6. The van der Waals surface area contributed by atoms with Gasteiger partial charge in [-0.05, 0) is 17.5 Å². The number of carbonyl (C=O) groups is 2. The van der Waals surface area contributed by atoms with Crippen molar-refractivity contribution >= 4 is 23.6 Å². The highest BCUT2D eigenvalue weighted by Gasteiger charge is 2.57. The average Bonchev–Trinajstić information content (AvgIpc) is 3.21. The van der Waals surface area contributed by atoms with Crippen LogP contribution in [0.2, 0.25) is 0 Å². The SMILES string of the molecule is O=C(OCc1ccccc1)[C@@H]1CS[C@]2(c3ccccc3)CCC(=O)N12. The molecular weight excluding hydrogens is 334 g/mol. The molecule has 25 heavy (non-hydrogen) atoms. The molecule has 2 aromatic rings. The lowest BCUT2D eigenvalue weighted by Crippen LogP contribution is -2.46. The molecule has 2 aliphatic rings. The van der Waals surface area contributed by atoms with E-state index >= 15 is 0 Å². The molecule has 4 nitrogen and oxygen atoms in total. The quantitative estimate of drug-likeness (QED) is 0.791. The van der Waals surface area contributed by atoms with Crippen molar-refractivity contribution in [2.24, 2.45) is 0 Å². The molecule has 0 aromatic heterocycles. The molecule has 0 N–H and O–H groups in total. The number of nitrogens with zero attached hydrogens (tertiary/aromatic N) is 1. The van der Waals surface area contributed by atoms with Crippen molar-refractivity contribution in [1.82, 2.24) is 4.90 Å². The van der Waals surface area contributed by atoms with Gasteiger partial charge in [0, 0.05) is 12.2 Å². The molecule has 2 heterocycles. The average molecular weight is 353 g/mol. The molecule has 0 radical (unpaired) electrons. The van der Waals surface area contributed by atoms with Crippen LogP contribution in [0.15, 0.2) is 60.7 Å². The molecule has 0 spiro atoms. The Morgan fingerprint density at radius 3 is 2.52 bits per heavy atom. The Hall–Kier alpha value is -2.27. The Morgan fingerprint density at radius 1 is 1.12 bits per heavy atom. The van der Waals surface area contributed by atoms with Crippen LogP contribution in [0.25, 0.3) is 0 Å². The Bertz CT molecular complexity index is 780. The number of rotatable bonds is 4. The number of benzene rings is 2. The molecule has 2 aliphatic heterocycles. The molecule has 2 atom stereocenters. The number of thioether (sulfide) groups is 1. The third-order valence-corrected chi connectivity index (χ3v) is 6.44. The van der Waals surface area contributed by atoms with E-state index in [1.54, 1.807) is 16.7 Å². The monoisotopic (exact) mass is 353 g/mol. The van der Waals surface area contributed by atoms with Gasteiger partial charge in [-0.1, -0.05) is 60.7 Å². The minimum Gasteiger partial charge on any atom is -0.459 e. The molecule has 0 unspecified atom stereocenters. The van der Waals surface area contributed by atoms with Crippen molar-refractivity contribution in [1.29, 1.82) is 0 Å². The summed E-state index contributed by atoms with van der Waals surface area (Å²) in [6, 6.07) is 19.1. The summed E-state index contributed by atoms with van der Waals surface area (Å²) in [6.45, 7) is 0.237. The summed E-state index contributed by atoms with van der Waals surface area (Å²) >= 11 is 1.68. The van der Waals surface area contributed by atoms with Gasteiger partial charge in [-0.15, -0.1) is 11.8 Å². The van der Waals surface area contributed by atoms with E-state index in [-0.39, 0.29) is 18.5 Å². The molecule has 2 saturated heterocycles. The summed E-state index contributed by atoms with van der Waals surface area (Å²) < 4.78 is 5.50. The van der Waals surface area contributed by atoms with E-state index in [1.165, 1.54) is 0 Å². The summed E-state index contributed by atoms with van der Waals surface area (Å²) in [5, 5.41) is 0. The maximum atomic E-state index is 12.7. The fourth-order valence-corrected chi connectivity index (χ4v) is 5.28. The van der Waals surface area contributed by atoms with Gasteiger partial charge in [0.05, 0.1) is 0 Å². The van der Waals surface area contributed by atoms with E-state index in [9.17, 15) is 9.59 Å². The van der Waals surface area contributed by atoms with E-state index in [0.717, 1.165) is 17.5 Å². The zero-order valence-electron chi connectivity index (χ0n) is 13.8. The van der Waals surface area contributed by atoms with E-state index in [4.69, 9.17) is 4.74 Å². The van der Waals surface area contributed by atoms with Gasteiger partial charge in [0.25, 0.3) is 0 Å². The van der Waals surface area contributed by atoms with Gasteiger partial charge in [-0.25, -0.2) is 4.79 Å². The zero-order chi connectivity index (χ0) is 17.3. The van der Waals surface area contributed by atoms with Crippen molar-refractivity contribution in [3.63, 3.8) is 0 Å². The van der Waals surface area contributed by atoms with E-state index in [0.29, 0.717) is 12.2 Å². The summed E-state index contributed by atoms with van der Waals surface area (Å²) in [6.07, 6.45) is 1.22. The molecule has 2 aromatic carbocycles. The summed E-state index contributed by atoms with van der Waals surface area (Å²) in [4.78, 5) is 26.5. The normalized spacial score (nSPS) is 25.0. The number of ether oxygens (including phenoxy) is 1. The first-order valence-electron chi connectivity index (χ1n) is 8.43. The van der Waals surface area contributed by atoms with Crippen molar-refractivity contribution in [2.75, 3.05) is 5.75 Å². The largest absolute Gasteiger partial charge is 0.459 e. The molecule has 2 fully saturated rings. The Balaban J connectivity index is 1.54. The van der Waals surface area contributed by atoms with Crippen LogP contribution in [0.3, 0.4) is 0 Å². The van der Waals surface area contributed by atoms with Crippen molar-refractivity contribution in [2.45, 2.75) is 30.4 Å². The molecule has 0 bridgehead atoms. The molecule has 0 aliphatic carbocycles. The van der Waals surface area contributed by atoms with E-state index in [2.05, 4.69) is 0 Å². The maximum absolute atomic E-state index is 12.7. The van der Waals surface area contributed by atoms with Gasteiger partial charge in [-0.2, -0.15) is 0 Å². The second-order valence-corrected chi connectivity index (χ2v) is 7.63. The highest BCUT2D eigenvalue weighted by molar-refractivity contribution is 8.00. The fourth-order valence-electron chi connectivity index (χ4n) is 3.64. The number of esters is 1. The van der Waals surface area contributed by atoms with Crippen molar-refractivity contribution in [3.05, 3.63) is 71.8 Å². The molecule has 128 valence electrons. The summed E-state index contributed by atoms with van der Waals surface area (Å²) in [5.74, 6) is 0.300. The first-order valence-corrected chi connectivity index (χ1v) is 9.41. The minimum absolute atomic E-state index is 0.0375. The van der Waals surface area contributed by atoms with Crippen LogP contribution < -0.4 is 0 Å². The number of hydrogen-bond acceptors (Lipinski definition) is 4. The Morgan fingerprint density at radius 2 is 1.80 bits per heavy atom. The molecule has 4 rings (SSSR count). The standard InChI is InChI=1S/C20H19NO3S/c22-18-11-12-20(16-9-5-2-6-10-16)21(18)17(14-25-20)19(23)24-13-15-7-3-1-4-8-15/h1-10,17H,11-14H2/t17-,20-/m0/s1. The second kappa shape index (κ2) is 6.56. The first kappa shape index (κ1) is 16.2. The van der Waals surface area contributed by atoms with Crippen molar-refractivity contribution < 1.29 is 14.3 Å². The predicted octanol–water partition coefficient (Wildman–Crippen LogP) is 3.32. The van der Waals surface area contributed by atoms with Crippen LogP contribution in [-0.4, -0.2) is 28.6 Å². The molecule has 5 heteroatoms. The van der Waals surface area contributed by atoms with E-state index < -0.39 is 10.9 Å². The lowest BCUT2D eigenvalue weighted by atomic mass is 10.0. The van der Waals surface area contributed by atoms with Crippen LogP contribution in [0.4, 0.5) is 0 Å². The maximum Gasteiger partial charge on any atom is 0.330 e. The molecule has 0 saturated carbocycles. The van der Waals surface area contributed by atoms with Crippen LogP contribution in [0.5, 0.6) is 0 Å². The number of hydrogen-bond donors (Lipinski definition) is 0. The first-order chi connectivity index (χ1) is 12.2. The molecular formula is C20H19NO3S. The van der Waals surface area contributed by atoms with E-state index in [1.807, 2.05) is 60.7 Å². The Kier molecular flexibility index (Phi) is 4.25. The van der Waals surface area contributed by atoms with Crippen LogP contribution in [0.1, 0.15) is 24.0 Å². The van der Waals surface area contributed by atoms with Crippen LogP contribution >= 0.6 is 11.8 Å². The summed E-state index contributed by atoms with van der Waals surface area (Å²) in [5.41, 5.74) is 2.03. The van der Waals surface area contributed by atoms with Crippen LogP contribution in [-0.2, 0) is 25.8 Å².